The number of hydrogen-bond donors (Lipinski definition) is 0. The van der Waals surface area contributed by atoms with Gasteiger partial charge in [0.15, 0.2) is 0 Å². The molecular weight excluding hydrogens is 258 g/mol. The van der Waals surface area contributed by atoms with Crippen molar-refractivity contribution in [1.82, 2.24) is 0 Å². The highest BCUT2D eigenvalue weighted by Gasteiger charge is 2.34. The molecule has 0 aromatic heterocycles. The fraction of sp³-hybridized carbons (Fsp3) is 1.00. The number of alkyl halides is 6. The smallest absolute Gasteiger partial charge is 0.171 e. The first-order valence-corrected chi connectivity index (χ1v) is 6.26. The SMILES string of the molecule is CC(CCCCCCCCC(F)(F)F)C(F)(F)F. The summed E-state index contributed by atoms with van der Waals surface area (Å²) >= 11 is 0. The molecule has 110 valence electrons. The lowest BCUT2D eigenvalue weighted by atomic mass is 10.0. The van der Waals surface area contributed by atoms with Gasteiger partial charge in [-0.25, -0.2) is 0 Å². The summed E-state index contributed by atoms with van der Waals surface area (Å²) in [7, 11) is 0. The van der Waals surface area contributed by atoms with Gasteiger partial charge in [-0.15, -0.1) is 0 Å². The van der Waals surface area contributed by atoms with Crippen LogP contribution in [0.3, 0.4) is 0 Å². The maximum atomic E-state index is 12.1. The second kappa shape index (κ2) is 7.89. The minimum atomic E-state index is -4.13. The highest BCUT2D eigenvalue weighted by Crippen LogP contribution is 2.30. The minimum Gasteiger partial charge on any atom is -0.171 e. The molecular formula is C12H20F6. The van der Waals surface area contributed by atoms with Gasteiger partial charge in [-0.05, 0) is 12.8 Å². The molecule has 0 aliphatic carbocycles. The molecule has 0 spiro atoms. The fourth-order valence-corrected chi connectivity index (χ4v) is 1.65. The lowest BCUT2D eigenvalue weighted by molar-refractivity contribution is -0.171. The van der Waals surface area contributed by atoms with Crippen LogP contribution < -0.4 is 0 Å². The van der Waals surface area contributed by atoms with E-state index in [4.69, 9.17) is 0 Å². The second-order valence-corrected chi connectivity index (χ2v) is 4.72. The Hall–Kier alpha value is -0.420. The Morgan fingerprint density at radius 1 is 0.722 bits per heavy atom. The molecule has 0 radical (unpaired) electrons. The first kappa shape index (κ1) is 17.6. The van der Waals surface area contributed by atoms with Crippen LogP contribution >= 0.6 is 0 Å². The maximum Gasteiger partial charge on any atom is 0.391 e. The zero-order valence-electron chi connectivity index (χ0n) is 10.5. The Morgan fingerprint density at radius 2 is 1.17 bits per heavy atom. The van der Waals surface area contributed by atoms with E-state index < -0.39 is 24.7 Å². The molecule has 0 aromatic carbocycles. The lowest BCUT2D eigenvalue weighted by Gasteiger charge is -2.14. The van der Waals surface area contributed by atoms with Gasteiger partial charge in [0, 0.05) is 6.42 Å². The van der Waals surface area contributed by atoms with Crippen molar-refractivity contribution in [3.8, 4) is 0 Å². The van der Waals surface area contributed by atoms with E-state index in [1.165, 1.54) is 0 Å². The maximum absolute atomic E-state index is 12.1. The van der Waals surface area contributed by atoms with Crippen LogP contribution in [-0.4, -0.2) is 12.4 Å². The van der Waals surface area contributed by atoms with Crippen LogP contribution in [0.4, 0.5) is 26.3 Å². The predicted molar refractivity (Wildman–Crippen MR) is 58.2 cm³/mol. The van der Waals surface area contributed by atoms with Gasteiger partial charge in [0.1, 0.15) is 0 Å². The van der Waals surface area contributed by atoms with Crippen LogP contribution in [0, 0.1) is 5.92 Å². The summed E-state index contributed by atoms with van der Waals surface area (Å²) < 4.78 is 71.7. The van der Waals surface area contributed by atoms with Gasteiger partial charge < -0.3 is 0 Å². The third kappa shape index (κ3) is 10.7. The van der Waals surface area contributed by atoms with E-state index in [9.17, 15) is 26.3 Å². The van der Waals surface area contributed by atoms with Crippen LogP contribution in [0.25, 0.3) is 0 Å². The molecule has 0 N–H and O–H groups in total. The zero-order chi connectivity index (χ0) is 14.2. The van der Waals surface area contributed by atoms with Gasteiger partial charge in [-0.3, -0.25) is 0 Å². The van der Waals surface area contributed by atoms with Gasteiger partial charge in [0.05, 0.1) is 5.92 Å². The van der Waals surface area contributed by atoms with Crippen molar-refractivity contribution in [2.75, 3.05) is 0 Å². The fourth-order valence-electron chi connectivity index (χ4n) is 1.65. The average Bonchev–Trinajstić information content (AvgIpc) is 2.18. The Kier molecular flexibility index (Phi) is 7.71. The van der Waals surface area contributed by atoms with Crippen molar-refractivity contribution in [1.29, 1.82) is 0 Å². The summed E-state index contributed by atoms with van der Waals surface area (Å²) in [6, 6.07) is 0. The topological polar surface area (TPSA) is 0 Å². The molecule has 1 atom stereocenters. The number of unbranched alkanes of at least 4 members (excludes halogenated alkanes) is 5. The molecule has 0 aliphatic heterocycles. The molecule has 18 heavy (non-hydrogen) atoms. The van der Waals surface area contributed by atoms with Gasteiger partial charge in [-0.2, -0.15) is 26.3 Å². The van der Waals surface area contributed by atoms with Crippen LogP contribution in [0.1, 0.15) is 58.3 Å². The number of halogens is 6. The monoisotopic (exact) mass is 278 g/mol. The lowest BCUT2D eigenvalue weighted by Crippen LogP contribution is -2.19. The molecule has 0 heterocycles. The van der Waals surface area contributed by atoms with Crippen molar-refractivity contribution in [2.24, 2.45) is 5.92 Å². The van der Waals surface area contributed by atoms with E-state index in [-0.39, 0.29) is 12.8 Å². The molecule has 1 unspecified atom stereocenters. The Morgan fingerprint density at radius 3 is 1.61 bits per heavy atom. The second-order valence-electron chi connectivity index (χ2n) is 4.72. The van der Waals surface area contributed by atoms with Crippen molar-refractivity contribution >= 4 is 0 Å². The predicted octanol–water partition coefficient (Wildman–Crippen LogP) is 5.87. The molecule has 0 fully saturated rings. The van der Waals surface area contributed by atoms with Crippen molar-refractivity contribution in [3.05, 3.63) is 0 Å². The van der Waals surface area contributed by atoms with Crippen LogP contribution in [0.15, 0.2) is 0 Å². The summed E-state index contributed by atoms with van der Waals surface area (Å²) in [5.41, 5.74) is 0. The van der Waals surface area contributed by atoms with Gasteiger partial charge in [0.2, 0.25) is 0 Å². The van der Waals surface area contributed by atoms with Gasteiger partial charge in [0.25, 0.3) is 0 Å². The van der Waals surface area contributed by atoms with Crippen LogP contribution in [-0.2, 0) is 0 Å². The minimum absolute atomic E-state index is 0.103. The highest BCUT2D eigenvalue weighted by molar-refractivity contribution is 4.62. The van der Waals surface area contributed by atoms with Crippen LogP contribution in [0.2, 0.25) is 0 Å². The Bertz CT molecular complexity index is 206. The molecule has 6 heteroatoms. The molecule has 0 bridgehead atoms. The highest BCUT2D eigenvalue weighted by atomic mass is 19.4. The first-order valence-electron chi connectivity index (χ1n) is 6.26. The van der Waals surface area contributed by atoms with Crippen molar-refractivity contribution in [2.45, 2.75) is 70.6 Å². The van der Waals surface area contributed by atoms with E-state index in [1.807, 2.05) is 0 Å². The Balaban J connectivity index is 3.32. The summed E-state index contributed by atoms with van der Waals surface area (Å²) in [5.74, 6) is -1.29. The van der Waals surface area contributed by atoms with Crippen LogP contribution in [0.5, 0.6) is 0 Å². The van der Waals surface area contributed by atoms with E-state index in [0.29, 0.717) is 32.1 Å². The third-order valence-electron chi connectivity index (χ3n) is 2.91. The van der Waals surface area contributed by atoms with E-state index in [0.717, 1.165) is 6.92 Å². The zero-order valence-corrected chi connectivity index (χ0v) is 10.5. The summed E-state index contributed by atoms with van der Waals surface area (Å²) in [6.45, 7) is 1.16. The van der Waals surface area contributed by atoms with Crippen molar-refractivity contribution < 1.29 is 26.3 Å². The third-order valence-corrected chi connectivity index (χ3v) is 2.91. The van der Waals surface area contributed by atoms with Gasteiger partial charge in [-0.1, -0.05) is 39.0 Å². The number of hydrogen-bond acceptors (Lipinski definition) is 0. The van der Waals surface area contributed by atoms with Crippen molar-refractivity contribution in [3.63, 3.8) is 0 Å². The molecule has 0 saturated carbocycles. The summed E-state index contributed by atoms with van der Waals surface area (Å²) in [6.07, 6.45) is -5.76. The van der Waals surface area contributed by atoms with E-state index in [1.54, 1.807) is 0 Å². The summed E-state index contributed by atoms with van der Waals surface area (Å²) in [5, 5.41) is 0. The molecule has 0 amide bonds. The normalized spacial score (nSPS) is 14.8. The standard InChI is InChI=1S/C12H20F6/c1-10(12(16,17)18)8-6-4-2-3-5-7-9-11(13,14)15/h10H,2-9H2,1H3. The quantitative estimate of drug-likeness (QED) is 0.385. The molecule has 0 nitrogen and oxygen atoms in total. The first-order chi connectivity index (χ1) is 8.13. The molecule has 0 aromatic rings. The van der Waals surface area contributed by atoms with E-state index >= 15 is 0 Å². The Labute approximate surface area is 104 Å². The summed E-state index contributed by atoms with van der Waals surface area (Å²) in [4.78, 5) is 0. The average molecular weight is 278 g/mol. The molecule has 0 aliphatic rings. The van der Waals surface area contributed by atoms with Gasteiger partial charge >= 0.3 is 12.4 Å². The molecule has 0 rings (SSSR count). The number of rotatable bonds is 8. The molecule has 0 saturated heterocycles. The largest absolute Gasteiger partial charge is 0.391 e. The van der Waals surface area contributed by atoms with E-state index in [2.05, 4.69) is 0 Å².